The number of fused-ring (bicyclic) bond motifs is 6. The van der Waals surface area contributed by atoms with Crippen LogP contribution in [-0.2, 0) is 6.42 Å². The van der Waals surface area contributed by atoms with E-state index in [2.05, 4.69) is 114 Å². The first kappa shape index (κ1) is 23.8. The first-order chi connectivity index (χ1) is 21.3. The van der Waals surface area contributed by atoms with Crippen LogP contribution >= 0.6 is 0 Å². The maximum absolute atomic E-state index is 6.34. The van der Waals surface area contributed by atoms with Gasteiger partial charge in [0.25, 0.3) is 0 Å². The van der Waals surface area contributed by atoms with Crippen molar-refractivity contribution in [1.82, 2.24) is 29.3 Å². The fraction of sp³-hybridized carbons (Fsp3) is 0.0556. The summed E-state index contributed by atoms with van der Waals surface area (Å²) in [5, 5.41) is 12.5. The molecule has 0 spiro atoms. The molecular weight excluding hydrogens is 532 g/mol. The Labute approximate surface area is 246 Å². The molecule has 0 aliphatic heterocycles. The highest BCUT2D eigenvalue weighted by atomic mass is 16.4. The third kappa shape index (κ3) is 3.68. The zero-order chi connectivity index (χ0) is 28.3. The van der Waals surface area contributed by atoms with Crippen molar-refractivity contribution >= 4 is 38.8 Å². The maximum Gasteiger partial charge on any atom is 0.248 e. The lowest BCUT2D eigenvalue weighted by molar-refractivity contribution is 0.584. The number of benzene rings is 3. The summed E-state index contributed by atoms with van der Waals surface area (Å²) in [4.78, 5) is 8.75. The Hall–Kier alpha value is -5.82. The summed E-state index contributed by atoms with van der Waals surface area (Å²) in [5.74, 6) is 0.960. The van der Waals surface area contributed by atoms with Gasteiger partial charge in [0, 0.05) is 45.4 Å². The first-order valence-corrected chi connectivity index (χ1v) is 14.4. The monoisotopic (exact) mass is 556 g/mol. The molecule has 1 aliphatic rings. The second kappa shape index (κ2) is 9.36. The molecule has 43 heavy (non-hydrogen) atoms. The average Bonchev–Trinajstić information content (AvgIpc) is 3.78. The smallest absolute Gasteiger partial charge is 0.248 e. The molecule has 0 fully saturated rings. The molecule has 5 heterocycles. The molecule has 0 unspecified atom stereocenters. The normalized spacial score (nSPS) is 12.8. The van der Waals surface area contributed by atoms with E-state index in [4.69, 9.17) is 4.42 Å². The Balaban J connectivity index is 1.18. The molecule has 0 atom stereocenters. The van der Waals surface area contributed by atoms with E-state index in [-0.39, 0.29) is 0 Å². The van der Waals surface area contributed by atoms with Gasteiger partial charge in [-0.2, -0.15) is 0 Å². The van der Waals surface area contributed by atoms with E-state index in [9.17, 15) is 0 Å². The molecule has 1 aliphatic carbocycles. The van der Waals surface area contributed by atoms with Crippen LogP contribution in [0.5, 0.6) is 0 Å². The number of allylic oxidation sites excluding steroid dienone is 1. The third-order valence-corrected chi connectivity index (χ3v) is 8.35. The zero-order valence-electron chi connectivity index (χ0n) is 23.1. The topological polar surface area (TPSA) is 74.6 Å². The van der Waals surface area contributed by atoms with Crippen LogP contribution in [0.15, 0.2) is 120 Å². The van der Waals surface area contributed by atoms with Gasteiger partial charge in [-0.3, -0.25) is 9.97 Å². The number of para-hydroxylation sites is 1. The van der Waals surface area contributed by atoms with E-state index in [1.165, 1.54) is 22.0 Å². The average molecular weight is 557 g/mol. The van der Waals surface area contributed by atoms with Crippen molar-refractivity contribution in [3.05, 3.63) is 127 Å². The largest absolute Gasteiger partial charge is 0.416 e. The number of rotatable bonds is 4. The van der Waals surface area contributed by atoms with Crippen molar-refractivity contribution in [2.75, 3.05) is 0 Å². The lowest BCUT2D eigenvalue weighted by Gasteiger charge is -2.11. The molecule has 0 saturated heterocycles. The van der Waals surface area contributed by atoms with Crippen molar-refractivity contribution in [2.24, 2.45) is 0 Å². The van der Waals surface area contributed by atoms with Crippen LogP contribution in [0.1, 0.15) is 17.7 Å². The number of aryl methyl sites for hydroxylation is 1. The molecule has 3 aromatic carbocycles. The highest BCUT2D eigenvalue weighted by Crippen LogP contribution is 2.37. The summed E-state index contributed by atoms with van der Waals surface area (Å²) in [7, 11) is 0. The summed E-state index contributed by atoms with van der Waals surface area (Å²) < 4.78 is 10.8. The maximum atomic E-state index is 6.34. The highest BCUT2D eigenvalue weighted by molar-refractivity contribution is 6.10. The summed E-state index contributed by atoms with van der Waals surface area (Å²) in [6, 6.07) is 29.2. The van der Waals surface area contributed by atoms with Crippen LogP contribution in [0.2, 0.25) is 0 Å². The minimum Gasteiger partial charge on any atom is -0.416 e. The van der Waals surface area contributed by atoms with Gasteiger partial charge in [-0.1, -0.05) is 36.4 Å². The number of nitrogens with zero attached hydrogens (tertiary/aromatic N) is 6. The second-order valence-corrected chi connectivity index (χ2v) is 10.8. The van der Waals surface area contributed by atoms with Crippen molar-refractivity contribution in [2.45, 2.75) is 12.8 Å². The molecule has 0 amide bonds. The predicted octanol–water partition coefficient (Wildman–Crippen LogP) is 8.19. The lowest BCUT2D eigenvalue weighted by Crippen LogP contribution is -2.00. The Morgan fingerprint density at radius 2 is 1.26 bits per heavy atom. The van der Waals surface area contributed by atoms with E-state index >= 15 is 0 Å². The Kier molecular flexibility index (Phi) is 5.19. The SMILES string of the molecule is C1=Cc2c(c3ccc(-c4nnc(-c5ccc6c7ccccc7n(-c7cccnc7)c6c5)o4)cc3n2-c2cccnc2)CC1. The van der Waals surface area contributed by atoms with Crippen molar-refractivity contribution in [1.29, 1.82) is 0 Å². The standard InChI is InChI=1S/C36H24N6O/c1-3-11-31-27(9-1)29-15-13-23(19-33(29)41(31)25-7-5-17-37-21-25)35-39-40-36(43-35)24-14-16-30-28-10-2-4-12-32(28)42(34(30)20-24)26-8-6-18-38-22-26/h1,3-9,11-22H,2,10H2. The van der Waals surface area contributed by atoms with Crippen LogP contribution in [0.4, 0.5) is 0 Å². The number of hydrogen-bond donors (Lipinski definition) is 0. The minimum atomic E-state index is 0.477. The molecule has 0 N–H and O–H groups in total. The summed E-state index contributed by atoms with van der Waals surface area (Å²) in [6.45, 7) is 0. The summed E-state index contributed by atoms with van der Waals surface area (Å²) in [6.07, 6.45) is 13.9. The Morgan fingerprint density at radius 1 is 0.605 bits per heavy atom. The lowest BCUT2D eigenvalue weighted by atomic mass is 10.0. The highest BCUT2D eigenvalue weighted by Gasteiger charge is 2.21. The van der Waals surface area contributed by atoms with E-state index in [0.717, 1.165) is 57.3 Å². The predicted molar refractivity (Wildman–Crippen MR) is 169 cm³/mol. The molecule has 204 valence electrons. The fourth-order valence-corrected chi connectivity index (χ4v) is 6.46. The molecule has 7 heteroatoms. The third-order valence-electron chi connectivity index (χ3n) is 8.35. The molecule has 8 aromatic rings. The van der Waals surface area contributed by atoms with E-state index < -0.39 is 0 Å². The quantitative estimate of drug-likeness (QED) is 0.218. The molecule has 0 bridgehead atoms. The van der Waals surface area contributed by atoms with Crippen LogP contribution in [-0.4, -0.2) is 29.3 Å². The molecular formula is C36H24N6O. The van der Waals surface area contributed by atoms with E-state index in [1.54, 1.807) is 12.4 Å². The molecule has 0 saturated carbocycles. The Morgan fingerprint density at radius 3 is 1.98 bits per heavy atom. The van der Waals surface area contributed by atoms with Gasteiger partial charge in [0.05, 0.1) is 40.3 Å². The van der Waals surface area contributed by atoms with Gasteiger partial charge in [0.2, 0.25) is 11.8 Å². The summed E-state index contributed by atoms with van der Waals surface area (Å²) in [5.41, 5.74) is 9.61. The Bertz CT molecular complexity index is 2340. The number of hydrogen-bond acceptors (Lipinski definition) is 5. The van der Waals surface area contributed by atoms with E-state index in [1.807, 2.05) is 24.5 Å². The van der Waals surface area contributed by atoms with Crippen LogP contribution in [0.3, 0.4) is 0 Å². The summed E-state index contributed by atoms with van der Waals surface area (Å²) >= 11 is 0. The second-order valence-electron chi connectivity index (χ2n) is 10.8. The van der Waals surface area contributed by atoms with E-state index in [0.29, 0.717) is 11.8 Å². The number of pyridine rings is 2. The zero-order valence-corrected chi connectivity index (χ0v) is 23.1. The first-order valence-electron chi connectivity index (χ1n) is 14.4. The minimum absolute atomic E-state index is 0.477. The van der Waals surface area contributed by atoms with Gasteiger partial charge in [0.15, 0.2) is 0 Å². The van der Waals surface area contributed by atoms with Gasteiger partial charge >= 0.3 is 0 Å². The van der Waals surface area contributed by atoms with Crippen molar-refractivity contribution < 1.29 is 4.42 Å². The van der Waals surface area contributed by atoms with Gasteiger partial charge in [-0.25, -0.2) is 0 Å². The van der Waals surface area contributed by atoms with Crippen LogP contribution < -0.4 is 0 Å². The van der Waals surface area contributed by atoms with Crippen LogP contribution in [0, 0.1) is 0 Å². The van der Waals surface area contributed by atoms with Crippen molar-refractivity contribution in [3.8, 4) is 34.3 Å². The fourth-order valence-electron chi connectivity index (χ4n) is 6.46. The molecule has 9 rings (SSSR count). The van der Waals surface area contributed by atoms with Gasteiger partial charge in [0.1, 0.15) is 0 Å². The van der Waals surface area contributed by atoms with Gasteiger partial charge in [-0.15, -0.1) is 10.2 Å². The van der Waals surface area contributed by atoms with Gasteiger partial charge in [-0.05, 0) is 79.1 Å². The molecule has 7 nitrogen and oxygen atoms in total. The molecule has 5 aromatic heterocycles. The van der Waals surface area contributed by atoms with Crippen LogP contribution in [0.25, 0.3) is 73.1 Å². The van der Waals surface area contributed by atoms with Gasteiger partial charge < -0.3 is 13.6 Å². The molecule has 0 radical (unpaired) electrons. The number of aromatic nitrogens is 6. The van der Waals surface area contributed by atoms with Crippen molar-refractivity contribution in [3.63, 3.8) is 0 Å².